The molecule has 3 aromatic carbocycles. The molecule has 0 saturated heterocycles. The molecule has 170 valence electrons. The summed E-state index contributed by atoms with van der Waals surface area (Å²) in [5.41, 5.74) is 9.25. The van der Waals surface area contributed by atoms with E-state index in [0.717, 1.165) is 16.8 Å². The van der Waals surface area contributed by atoms with Crippen molar-refractivity contribution in [1.82, 2.24) is 9.78 Å². The van der Waals surface area contributed by atoms with Gasteiger partial charge in [0.2, 0.25) is 5.91 Å². The number of anilines is 1. The maximum Gasteiger partial charge on any atom is 0.260 e. The van der Waals surface area contributed by atoms with Crippen molar-refractivity contribution in [2.45, 2.75) is 12.5 Å². The molecule has 0 saturated carbocycles. The zero-order valence-electron chi connectivity index (χ0n) is 18.1. The van der Waals surface area contributed by atoms with Gasteiger partial charge in [0.15, 0.2) is 6.10 Å². The first-order chi connectivity index (χ1) is 16.5. The highest BCUT2D eigenvalue weighted by Crippen LogP contribution is 2.34. The third-order valence-electron chi connectivity index (χ3n) is 5.66. The van der Waals surface area contributed by atoms with Gasteiger partial charge in [-0.05, 0) is 36.4 Å². The molecule has 1 aliphatic heterocycles. The van der Waals surface area contributed by atoms with E-state index in [0.29, 0.717) is 22.2 Å². The zero-order valence-corrected chi connectivity index (χ0v) is 18.9. The quantitative estimate of drug-likeness (QED) is 0.475. The number of primary amides is 1. The largest absolute Gasteiger partial charge is 0.477 e. The van der Waals surface area contributed by atoms with E-state index in [4.69, 9.17) is 27.2 Å². The summed E-state index contributed by atoms with van der Waals surface area (Å²) in [5, 5.41) is 5.39. The van der Waals surface area contributed by atoms with E-state index in [1.54, 1.807) is 39.9 Å². The van der Waals surface area contributed by atoms with Crippen LogP contribution < -0.4 is 15.4 Å². The van der Waals surface area contributed by atoms with E-state index < -0.39 is 12.0 Å². The van der Waals surface area contributed by atoms with E-state index in [9.17, 15) is 9.59 Å². The first kappa shape index (κ1) is 21.7. The number of carbonyl (C=O) groups excluding carboxylic acids is 2. The molecule has 0 radical (unpaired) electrons. The van der Waals surface area contributed by atoms with E-state index in [-0.39, 0.29) is 18.9 Å². The van der Waals surface area contributed by atoms with Crippen molar-refractivity contribution in [1.29, 1.82) is 0 Å². The Kier molecular flexibility index (Phi) is 5.77. The number of nitrogens with zero attached hydrogens (tertiary/aromatic N) is 3. The molecule has 0 fully saturated rings. The lowest BCUT2D eigenvalue weighted by molar-refractivity contribution is -0.125. The molecular weight excluding hydrogens is 452 g/mol. The minimum absolute atomic E-state index is 0.0499. The average molecular weight is 473 g/mol. The maximum absolute atomic E-state index is 13.5. The van der Waals surface area contributed by atoms with E-state index in [1.807, 2.05) is 54.7 Å². The van der Waals surface area contributed by atoms with Gasteiger partial charge in [0, 0.05) is 22.3 Å². The molecule has 2 N–H and O–H groups in total. The monoisotopic (exact) mass is 472 g/mol. The molecule has 7 nitrogen and oxygen atoms in total. The Morgan fingerprint density at radius 2 is 1.71 bits per heavy atom. The summed E-state index contributed by atoms with van der Waals surface area (Å²) in [6, 6.07) is 24.1. The van der Waals surface area contributed by atoms with Crippen LogP contribution in [-0.4, -0.2) is 34.2 Å². The highest BCUT2D eigenvalue weighted by atomic mass is 35.5. The fourth-order valence-electron chi connectivity index (χ4n) is 3.98. The second kappa shape index (κ2) is 9.03. The number of halogens is 1. The van der Waals surface area contributed by atoms with Crippen LogP contribution in [0.4, 0.5) is 5.69 Å². The molecule has 1 aliphatic rings. The summed E-state index contributed by atoms with van der Waals surface area (Å²) in [5.74, 6) is -0.361. The molecule has 0 aliphatic carbocycles. The smallest absolute Gasteiger partial charge is 0.260 e. The lowest BCUT2D eigenvalue weighted by atomic mass is 10.0. The Morgan fingerprint density at radius 1 is 1.00 bits per heavy atom. The Bertz CT molecular complexity index is 1350. The first-order valence-electron chi connectivity index (χ1n) is 10.7. The number of nitrogens with two attached hydrogens (primary N) is 1. The fourth-order valence-corrected chi connectivity index (χ4v) is 4.11. The molecule has 5 rings (SSSR count). The molecular formula is C26H21ClN4O3. The van der Waals surface area contributed by atoms with E-state index in [2.05, 4.69) is 0 Å². The molecule has 4 aromatic rings. The minimum Gasteiger partial charge on any atom is -0.477 e. The summed E-state index contributed by atoms with van der Waals surface area (Å²) in [6.45, 7) is 0.0499. The van der Waals surface area contributed by atoms with Gasteiger partial charge in [-0.25, -0.2) is 4.68 Å². The van der Waals surface area contributed by atoms with Crippen LogP contribution in [0.25, 0.3) is 16.9 Å². The number of para-hydroxylation sites is 3. The SMILES string of the molecule is NC(=O)C1CN(C(=O)Cc2cn(-c3ccccc3)nc2-c2ccc(Cl)cc2)c2ccccc2O1. The van der Waals surface area contributed by atoms with Crippen LogP contribution in [0.5, 0.6) is 5.75 Å². The summed E-state index contributed by atoms with van der Waals surface area (Å²) in [6.07, 6.45) is 1.02. The normalized spacial score (nSPS) is 14.9. The zero-order chi connectivity index (χ0) is 23.7. The topological polar surface area (TPSA) is 90.5 Å². The summed E-state index contributed by atoms with van der Waals surface area (Å²) >= 11 is 6.08. The number of hydrogen-bond donors (Lipinski definition) is 1. The van der Waals surface area contributed by atoms with Crippen LogP contribution in [-0.2, 0) is 16.0 Å². The van der Waals surface area contributed by atoms with Gasteiger partial charge in [-0.2, -0.15) is 5.10 Å². The summed E-state index contributed by atoms with van der Waals surface area (Å²) in [4.78, 5) is 26.9. The molecule has 1 aromatic heterocycles. The van der Waals surface area contributed by atoms with Crippen LogP contribution in [0.15, 0.2) is 85.1 Å². The first-order valence-corrected chi connectivity index (χ1v) is 11.1. The van der Waals surface area contributed by atoms with Crippen LogP contribution >= 0.6 is 11.6 Å². The molecule has 0 bridgehead atoms. The van der Waals surface area contributed by atoms with Crippen molar-refractivity contribution in [2.24, 2.45) is 5.73 Å². The van der Waals surface area contributed by atoms with Gasteiger partial charge in [0.05, 0.1) is 30.0 Å². The third kappa shape index (κ3) is 4.25. The van der Waals surface area contributed by atoms with Crippen LogP contribution in [0, 0.1) is 0 Å². The van der Waals surface area contributed by atoms with Crippen LogP contribution in [0.3, 0.4) is 0 Å². The minimum atomic E-state index is -0.915. The number of hydrogen-bond acceptors (Lipinski definition) is 4. The number of fused-ring (bicyclic) bond motifs is 1. The number of ether oxygens (including phenoxy) is 1. The Hall–Kier alpha value is -4.10. The maximum atomic E-state index is 13.5. The molecule has 0 spiro atoms. The van der Waals surface area contributed by atoms with Gasteiger partial charge in [-0.15, -0.1) is 0 Å². The molecule has 1 unspecified atom stereocenters. The van der Waals surface area contributed by atoms with Crippen molar-refractivity contribution in [3.63, 3.8) is 0 Å². The molecule has 34 heavy (non-hydrogen) atoms. The van der Waals surface area contributed by atoms with E-state index in [1.165, 1.54) is 0 Å². The molecule has 8 heteroatoms. The Morgan fingerprint density at radius 3 is 2.44 bits per heavy atom. The Labute approximate surface area is 201 Å². The predicted octanol–water partition coefficient (Wildman–Crippen LogP) is 4.01. The van der Waals surface area contributed by atoms with Gasteiger partial charge in [-0.3, -0.25) is 9.59 Å². The van der Waals surface area contributed by atoms with Crippen LogP contribution in [0.2, 0.25) is 5.02 Å². The highest BCUT2D eigenvalue weighted by Gasteiger charge is 2.33. The Balaban J connectivity index is 1.52. The number of rotatable bonds is 5. The lowest BCUT2D eigenvalue weighted by Gasteiger charge is -2.33. The van der Waals surface area contributed by atoms with Crippen molar-refractivity contribution in [3.05, 3.63) is 95.6 Å². The van der Waals surface area contributed by atoms with Crippen molar-refractivity contribution >= 4 is 29.1 Å². The lowest BCUT2D eigenvalue weighted by Crippen LogP contribution is -2.49. The van der Waals surface area contributed by atoms with Gasteiger partial charge in [0.1, 0.15) is 5.75 Å². The van der Waals surface area contributed by atoms with Crippen molar-refractivity contribution in [3.8, 4) is 22.7 Å². The molecule has 2 heterocycles. The van der Waals surface area contributed by atoms with Crippen molar-refractivity contribution < 1.29 is 14.3 Å². The standard InChI is InChI=1S/C26H21ClN4O3/c27-19-12-10-17(11-13-19)25-18(15-31(29-25)20-6-2-1-3-7-20)14-24(32)30-16-23(26(28)33)34-22-9-5-4-8-21(22)30/h1-13,15,23H,14,16H2,(H2,28,33). The second-order valence-electron chi connectivity index (χ2n) is 7.95. The predicted molar refractivity (Wildman–Crippen MR) is 130 cm³/mol. The van der Waals surface area contributed by atoms with Crippen molar-refractivity contribution in [2.75, 3.05) is 11.4 Å². The van der Waals surface area contributed by atoms with Gasteiger partial charge in [0.25, 0.3) is 5.91 Å². The van der Waals surface area contributed by atoms with Gasteiger partial charge >= 0.3 is 0 Å². The third-order valence-corrected chi connectivity index (χ3v) is 5.91. The average Bonchev–Trinajstić information content (AvgIpc) is 3.28. The second-order valence-corrected chi connectivity index (χ2v) is 8.38. The number of aromatic nitrogens is 2. The molecule has 1 atom stereocenters. The molecule has 2 amide bonds. The van der Waals surface area contributed by atoms with Crippen LogP contribution in [0.1, 0.15) is 5.56 Å². The summed E-state index contributed by atoms with van der Waals surface area (Å²) in [7, 11) is 0. The highest BCUT2D eigenvalue weighted by molar-refractivity contribution is 6.30. The number of amides is 2. The number of carbonyl (C=O) groups is 2. The number of benzene rings is 3. The summed E-state index contributed by atoms with van der Waals surface area (Å²) < 4.78 is 7.45. The fraction of sp³-hybridized carbons (Fsp3) is 0.115. The van der Waals surface area contributed by atoms with Gasteiger partial charge < -0.3 is 15.4 Å². The van der Waals surface area contributed by atoms with E-state index >= 15 is 0 Å². The van der Waals surface area contributed by atoms with Gasteiger partial charge in [-0.1, -0.05) is 54.1 Å².